The number of ether oxygens (including phenoxy) is 1. The molecule has 1 aromatic carbocycles. The Balaban J connectivity index is 1.89. The van der Waals surface area contributed by atoms with Gasteiger partial charge in [0.25, 0.3) is 0 Å². The summed E-state index contributed by atoms with van der Waals surface area (Å²) in [6, 6.07) is 5.52. The number of benzene rings is 1. The molecule has 1 aliphatic carbocycles. The molecule has 2 rings (SSSR count). The third-order valence-corrected chi connectivity index (χ3v) is 3.95. The molecule has 22 heavy (non-hydrogen) atoms. The third-order valence-electron chi connectivity index (χ3n) is 3.46. The van der Waals surface area contributed by atoms with E-state index >= 15 is 0 Å². The van der Waals surface area contributed by atoms with E-state index in [2.05, 4.69) is 31.8 Å². The lowest BCUT2D eigenvalue weighted by molar-refractivity contribution is -0.139. The fourth-order valence-corrected chi connectivity index (χ4v) is 2.72. The minimum atomic E-state index is -0.767. The normalized spacial score (nSPS) is 15.0. The van der Waals surface area contributed by atoms with Gasteiger partial charge in [-0.1, -0.05) is 28.8 Å². The predicted molar refractivity (Wildman–Crippen MR) is 86.8 cm³/mol. The maximum absolute atomic E-state index is 11.7. The molecule has 118 valence electrons. The molecule has 1 aromatic rings. The van der Waals surface area contributed by atoms with Gasteiger partial charge in [-0.3, -0.25) is 9.59 Å². The Morgan fingerprint density at radius 1 is 1.32 bits per heavy atom. The zero-order valence-corrected chi connectivity index (χ0v) is 13.9. The standard InChI is InChI=1S/C15H18BrN3O3/c1-22-13-7-6-11(16)8-10(13)9-17-19-15(21)14(20)18-12-4-2-3-5-12/h6-9,12H,2-5H2,1H3,(H,18,20)(H,19,21)/b17-9-. The molecule has 6 nitrogen and oxygen atoms in total. The van der Waals surface area contributed by atoms with E-state index < -0.39 is 11.8 Å². The molecule has 0 unspecified atom stereocenters. The quantitative estimate of drug-likeness (QED) is 0.485. The van der Waals surface area contributed by atoms with Gasteiger partial charge in [-0.25, -0.2) is 5.43 Å². The van der Waals surface area contributed by atoms with Crippen molar-refractivity contribution >= 4 is 34.0 Å². The lowest BCUT2D eigenvalue weighted by atomic mass is 10.2. The van der Waals surface area contributed by atoms with Gasteiger partial charge in [-0.15, -0.1) is 0 Å². The number of methoxy groups -OCH3 is 1. The second-order valence-electron chi connectivity index (χ2n) is 5.04. The Bertz CT molecular complexity index is 583. The number of rotatable bonds is 4. The molecule has 1 aliphatic rings. The predicted octanol–water partition coefficient (Wildman–Crippen LogP) is 1.97. The van der Waals surface area contributed by atoms with Gasteiger partial charge >= 0.3 is 11.8 Å². The van der Waals surface area contributed by atoms with Gasteiger partial charge in [0.15, 0.2) is 0 Å². The zero-order valence-electron chi connectivity index (χ0n) is 12.3. The Morgan fingerprint density at radius 2 is 2.05 bits per heavy atom. The van der Waals surface area contributed by atoms with Crippen molar-refractivity contribution in [3.63, 3.8) is 0 Å². The minimum Gasteiger partial charge on any atom is -0.496 e. The maximum atomic E-state index is 11.7. The van der Waals surface area contributed by atoms with Crippen LogP contribution in [0.4, 0.5) is 0 Å². The van der Waals surface area contributed by atoms with Crippen LogP contribution in [0.25, 0.3) is 0 Å². The van der Waals surface area contributed by atoms with Crippen LogP contribution in [0.2, 0.25) is 0 Å². The first kappa shape index (κ1) is 16.5. The van der Waals surface area contributed by atoms with E-state index in [0.29, 0.717) is 11.3 Å². The molecule has 1 saturated carbocycles. The van der Waals surface area contributed by atoms with Crippen LogP contribution < -0.4 is 15.5 Å². The van der Waals surface area contributed by atoms with Gasteiger partial charge in [0.2, 0.25) is 0 Å². The van der Waals surface area contributed by atoms with Crippen molar-refractivity contribution in [2.24, 2.45) is 5.10 Å². The highest BCUT2D eigenvalue weighted by atomic mass is 79.9. The third kappa shape index (κ3) is 4.56. The van der Waals surface area contributed by atoms with Crippen molar-refractivity contribution in [2.45, 2.75) is 31.7 Å². The molecule has 0 radical (unpaired) electrons. The van der Waals surface area contributed by atoms with Crippen molar-refractivity contribution < 1.29 is 14.3 Å². The van der Waals surface area contributed by atoms with E-state index in [1.165, 1.54) is 6.21 Å². The topological polar surface area (TPSA) is 79.8 Å². The first-order valence-electron chi connectivity index (χ1n) is 7.07. The number of nitrogens with one attached hydrogen (secondary N) is 2. The molecular weight excluding hydrogens is 350 g/mol. The molecule has 2 amide bonds. The van der Waals surface area contributed by atoms with Crippen LogP contribution in [0.3, 0.4) is 0 Å². The minimum absolute atomic E-state index is 0.104. The Labute approximate surface area is 137 Å². The fraction of sp³-hybridized carbons (Fsp3) is 0.400. The molecule has 0 aliphatic heterocycles. The second-order valence-corrected chi connectivity index (χ2v) is 5.96. The number of hydrazone groups is 1. The van der Waals surface area contributed by atoms with Gasteiger partial charge in [0.05, 0.1) is 13.3 Å². The van der Waals surface area contributed by atoms with Crippen molar-refractivity contribution in [1.82, 2.24) is 10.7 Å². The monoisotopic (exact) mass is 367 g/mol. The van der Waals surface area contributed by atoms with E-state index in [1.807, 2.05) is 6.07 Å². The van der Waals surface area contributed by atoms with E-state index in [9.17, 15) is 9.59 Å². The summed E-state index contributed by atoms with van der Waals surface area (Å²) in [7, 11) is 1.55. The van der Waals surface area contributed by atoms with Gasteiger partial charge < -0.3 is 10.1 Å². The molecule has 0 saturated heterocycles. The van der Waals surface area contributed by atoms with Gasteiger partial charge in [-0.05, 0) is 31.0 Å². The van der Waals surface area contributed by atoms with E-state index in [4.69, 9.17) is 4.74 Å². The van der Waals surface area contributed by atoms with Crippen molar-refractivity contribution in [3.05, 3.63) is 28.2 Å². The molecule has 0 atom stereocenters. The summed E-state index contributed by atoms with van der Waals surface area (Å²) in [5.41, 5.74) is 2.91. The van der Waals surface area contributed by atoms with Crippen LogP contribution in [0, 0.1) is 0 Å². The zero-order chi connectivity index (χ0) is 15.9. The average molecular weight is 368 g/mol. The summed E-state index contributed by atoms with van der Waals surface area (Å²) < 4.78 is 6.05. The number of carbonyl (C=O) groups excluding carboxylic acids is 2. The number of amides is 2. The number of hydrogen-bond donors (Lipinski definition) is 2. The second kappa shape index (κ2) is 7.93. The molecule has 0 aromatic heterocycles. The highest BCUT2D eigenvalue weighted by Crippen LogP contribution is 2.21. The lowest BCUT2D eigenvalue weighted by Gasteiger charge is -2.10. The summed E-state index contributed by atoms with van der Waals surface area (Å²) in [4.78, 5) is 23.4. The highest BCUT2D eigenvalue weighted by Gasteiger charge is 2.20. The Kier molecular flexibility index (Phi) is 5.94. The number of carbonyl (C=O) groups is 2. The number of halogens is 1. The van der Waals surface area contributed by atoms with Crippen LogP contribution in [-0.4, -0.2) is 31.2 Å². The smallest absolute Gasteiger partial charge is 0.329 e. The first-order valence-corrected chi connectivity index (χ1v) is 7.87. The molecule has 0 heterocycles. The molecular formula is C15H18BrN3O3. The molecule has 2 N–H and O–H groups in total. The fourth-order valence-electron chi connectivity index (χ4n) is 2.34. The molecule has 7 heteroatoms. The summed E-state index contributed by atoms with van der Waals surface area (Å²) >= 11 is 3.35. The maximum Gasteiger partial charge on any atom is 0.329 e. The van der Waals surface area contributed by atoms with Crippen LogP contribution in [0.15, 0.2) is 27.8 Å². The Hall–Kier alpha value is -1.89. The SMILES string of the molecule is COc1ccc(Br)cc1/C=N\NC(=O)C(=O)NC1CCCC1. The largest absolute Gasteiger partial charge is 0.496 e. The van der Waals surface area contributed by atoms with Crippen LogP contribution in [0.5, 0.6) is 5.75 Å². The number of nitrogens with zero attached hydrogens (tertiary/aromatic N) is 1. The summed E-state index contributed by atoms with van der Waals surface area (Å²) in [5, 5.41) is 6.50. The lowest BCUT2D eigenvalue weighted by Crippen LogP contribution is -2.42. The van der Waals surface area contributed by atoms with Crippen LogP contribution in [-0.2, 0) is 9.59 Å². The van der Waals surface area contributed by atoms with E-state index in [1.54, 1.807) is 19.2 Å². The summed E-state index contributed by atoms with van der Waals surface area (Å²) in [6.07, 6.45) is 5.47. The summed E-state index contributed by atoms with van der Waals surface area (Å²) in [6.45, 7) is 0. The molecule has 0 spiro atoms. The highest BCUT2D eigenvalue weighted by molar-refractivity contribution is 9.10. The first-order chi connectivity index (χ1) is 10.6. The molecule has 1 fully saturated rings. The van der Waals surface area contributed by atoms with E-state index in [-0.39, 0.29) is 6.04 Å². The van der Waals surface area contributed by atoms with Crippen LogP contribution >= 0.6 is 15.9 Å². The van der Waals surface area contributed by atoms with Crippen LogP contribution in [0.1, 0.15) is 31.2 Å². The van der Waals surface area contributed by atoms with Gasteiger partial charge in [0.1, 0.15) is 5.75 Å². The van der Waals surface area contributed by atoms with Crippen molar-refractivity contribution in [2.75, 3.05) is 7.11 Å². The molecule has 0 bridgehead atoms. The Morgan fingerprint density at radius 3 is 2.73 bits per heavy atom. The van der Waals surface area contributed by atoms with E-state index in [0.717, 1.165) is 30.2 Å². The van der Waals surface area contributed by atoms with Gasteiger partial charge in [-0.2, -0.15) is 5.10 Å². The number of hydrogen-bond acceptors (Lipinski definition) is 4. The van der Waals surface area contributed by atoms with Gasteiger partial charge in [0, 0.05) is 16.1 Å². The summed E-state index contributed by atoms with van der Waals surface area (Å²) in [5.74, 6) is -0.793. The van der Waals surface area contributed by atoms with Crippen molar-refractivity contribution in [3.8, 4) is 5.75 Å². The van der Waals surface area contributed by atoms with Crippen molar-refractivity contribution in [1.29, 1.82) is 0 Å². The average Bonchev–Trinajstić information content (AvgIpc) is 3.00.